The molecule has 0 aliphatic rings. The molecule has 0 aliphatic heterocycles. The van der Waals surface area contributed by atoms with Crippen molar-refractivity contribution in [1.29, 1.82) is 0 Å². The van der Waals surface area contributed by atoms with Crippen molar-refractivity contribution >= 4 is 17.6 Å². The maximum atomic E-state index is 12.2. The lowest BCUT2D eigenvalue weighted by atomic mass is 10.1. The summed E-state index contributed by atoms with van der Waals surface area (Å²) >= 11 is 0. The number of aromatic nitrogens is 4. The van der Waals surface area contributed by atoms with E-state index in [-0.39, 0.29) is 18.6 Å². The molecule has 1 heterocycles. The maximum absolute atomic E-state index is 12.2. The van der Waals surface area contributed by atoms with Crippen molar-refractivity contribution in [3.8, 4) is 11.4 Å². The number of carbonyl (C=O) groups is 2. The number of tetrazole rings is 1. The van der Waals surface area contributed by atoms with Crippen molar-refractivity contribution in [3.63, 3.8) is 0 Å². The summed E-state index contributed by atoms with van der Waals surface area (Å²) < 4.78 is 5.20. The van der Waals surface area contributed by atoms with Gasteiger partial charge in [0.2, 0.25) is 11.7 Å². The molecule has 144 valence electrons. The summed E-state index contributed by atoms with van der Waals surface area (Å²) in [7, 11) is 0. The molecule has 0 saturated heterocycles. The molecule has 0 aliphatic carbocycles. The van der Waals surface area contributed by atoms with Crippen LogP contribution in [0.15, 0.2) is 48.5 Å². The van der Waals surface area contributed by atoms with Gasteiger partial charge in [-0.15, -0.1) is 10.2 Å². The number of amides is 1. The van der Waals surface area contributed by atoms with E-state index in [0.29, 0.717) is 22.6 Å². The molecular formula is C20H21N5O3. The van der Waals surface area contributed by atoms with E-state index >= 15 is 0 Å². The molecule has 1 N–H and O–H groups in total. The molecule has 8 nitrogen and oxygen atoms in total. The van der Waals surface area contributed by atoms with E-state index in [9.17, 15) is 9.59 Å². The molecule has 0 bridgehead atoms. The van der Waals surface area contributed by atoms with Crippen LogP contribution in [0, 0.1) is 6.92 Å². The van der Waals surface area contributed by atoms with Gasteiger partial charge in [-0.2, -0.15) is 4.80 Å². The van der Waals surface area contributed by atoms with E-state index in [4.69, 9.17) is 4.74 Å². The molecule has 0 atom stereocenters. The predicted molar refractivity (Wildman–Crippen MR) is 104 cm³/mol. The van der Waals surface area contributed by atoms with Gasteiger partial charge < -0.3 is 10.1 Å². The minimum atomic E-state index is -0.415. The number of ether oxygens (including phenoxy) is 1. The summed E-state index contributed by atoms with van der Waals surface area (Å²) in [4.78, 5) is 25.4. The first-order valence-electron chi connectivity index (χ1n) is 8.86. The molecule has 0 unspecified atom stereocenters. The molecule has 3 rings (SSSR count). The van der Waals surface area contributed by atoms with Crippen LogP contribution in [0.5, 0.6) is 0 Å². The molecule has 28 heavy (non-hydrogen) atoms. The Balaban J connectivity index is 1.67. The van der Waals surface area contributed by atoms with Crippen LogP contribution in [-0.2, 0) is 16.1 Å². The summed E-state index contributed by atoms with van der Waals surface area (Å²) in [5.74, 6) is -0.355. The van der Waals surface area contributed by atoms with Crippen molar-refractivity contribution in [2.24, 2.45) is 0 Å². The zero-order valence-electron chi connectivity index (χ0n) is 15.9. The number of rotatable bonds is 6. The maximum Gasteiger partial charge on any atom is 0.338 e. The van der Waals surface area contributed by atoms with Gasteiger partial charge >= 0.3 is 5.97 Å². The highest BCUT2D eigenvalue weighted by molar-refractivity contribution is 5.91. The van der Waals surface area contributed by atoms with E-state index in [1.54, 1.807) is 38.1 Å². The van der Waals surface area contributed by atoms with Gasteiger partial charge in [-0.3, -0.25) is 4.79 Å². The molecule has 8 heteroatoms. The number of esters is 1. The number of hydrogen-bond donors (Lipinski definition) is 1. The Labute approximate surface area is 162 Å². The smallest absolute Gasteiger partial charge is 0.338 e. The highest BCUT2D eigenvalue weighted by Crippen LogP contribution is 2.16. The van der Waals surface area contributed by atoms with Gasteiger partial charge in [0.15, 0.2) is 0 Å². The van der Waals surface area contributed by atoms with Crippen LogP contribution in [0.1, 0.15) is 29.8 Å². The van der Waals surface area contributed by atoms with Gasteiger partial charge in [-0.25, -0.2) is 4.79 Å². The van der Waals surface area contributed by atoms with E-state index in [1.165, 1.54) is 4.80 Å². The summed E-state index contributed by atoms with van der Waals surface area (Å²) in [6.07, 6.45) is -0.206. The van der Waals surface area contributed by atoms with Crippen LogP contribution in [0.4, 0.5) is 5.69 Å². The molecule has 1 amide bonds. The van der Waals surface area contributed by atoms with E-state index in [0.717, 1.165) is 5.56 Å². The number of benzene rings is 2. The minimum absolute atomic E-state index is 0.0735. The number of hydrogen-bond acceptors (Lipinski definition) is 6. The first kappa shape index (κ1) is 19.2. The number of aryl methyl sites for hydroxylation is 1. The summed E-state index contributed by atoms with van der Waals surface area (Å²) in [5.41, 5.74) is 2.83. The van der Waals surface area contributed by atoms with Gasteiger partial charge in [0, 0.05) is 11.3 Å². The third kappa shape index (κ3) is 5.00. The molecule has 0 radical (unpaired) electrons. The average molecular weight is 379 g/mol. The third-order valence-electron chi connectivity index (χ3n) is 3.77. The fourth-order valence-electron chi connectivity index (χ4n) is 2.46. The van der Waals surface area contributed by atoms with Gasteiger partial charge in [0.25, 0.3) is 0 Å². The lowest BCUT2D eigenvalue weighted by Gasteiger charge is -2.08. The van der Waals surface area contributed by atoms with E-state index in [2.05, 4.69) is 20.7 Å². The van der Waals surface area contributed by atoms with Crippen LogP contribution >= 0.6 is 0 Å². The van der Waals surface area contributed by atoms with Crippen molar-refractivity contribution in [2.75, 3.05) is 5.32 Å². The van der Waals surface area contributed by atoms with E-state index < -0.39 is 5.97 Å². The second-order valence-electron chi connectivity index (χ2n) is 6.59. The minimum Gasteiger partial charge on any atom is -0.459 e. The fourth-order valence-corrected chi connectivity index (χ4v) is 2.46. The molecule has 2 aromatic carbocycles. The van der Waals surface area contributed by atoms with Gasteiger partial charge in [0.1, 0.15) is 6.54 Å². The Bertz CT molecular complexity index is 980. The highest BCUT2D eigenvalue weighted by atomic mass is 16.5. The van der Waals surface area contributed by atoms with Crippen LogP contribution < -0.4 is 5.32 Å². The Morgan fingerprint density at radius 1 is 1.14 bits per heavy atom. The molecule has 3 aromatic rings. The second kappa shape index (κ2) is 8.43. The van der Waals surface area contributed by atoms with Crippen LogP contribution in [0.2, 0.25) is 0 Å². The Morgan fingerprint density at radius 3 is 2.61 bits per heavy atom. The van der Waals surface area contributed by atoms with Crippen molar-refractivity contribution in [3.05, 3.63) is 59.7 Å². The number of nitrogens with one attached hydrogen (secondary N) is 1. The zero-order valence-corrected chi connectivity index (χ0v) is 15.9. The van der Waals surface area contributed by atoms with Gasteiger partial charge in [0.05, 0.1) is 11.7 Å². The molecular weight excluding hydrogens is 358 g/mol. The monoisotopic (exact) mass is 379 g/mol. The second-order valence-corrected chi connectivity index (χ2v) is 6.59. The summed E-state index contributed by atoms with van der Waals surface area (Å²) in [6, 6.07) is 14.3. The van der Waals surface area contributed by atoms with Crippen LogP contribution in [-0.4, -0.2) is 38.2 Å². The third-order valence-corrected chi connectivity index (χ3v) is 3.77. The standard InChI is InChI=1S/C20H21N5O3/c1-13(2)28-20(27)16-6-4-5-15(11-16)19-22-24-25(23-19)12-18(26)21-17-9-7-14(3)8-10-17/h4-11,13H,12H2,1-3H3,(H,21,26). The van der Waals surface area contributed by atoms with Crippen LogP contribution in [0.25, 0.3) is 11.4 Å². The number of anilines is 1. The summed E-state index contributed by atoms with van der Waals surface area (Å²) in [6.45, 7) is 5.48. The van der Waals surface area contributed by atoms with Crippen molar-refractivity contribution in [2.45, 2.75) is 33.4 Å². The molecule has 0 fully saturated rings. The lowest BCUT2D eigenvalue weighted by Crippen LogP contribution is -2.20. The Kier molecular flexibility index (Phi) is 5.78. The average Bonchev–Trinajstić information content (AvgIpc) is 3.11. The van der Waals surface area contributed by atoms with Crippen LogP contribution in [0.3, 0.4) is 0 Å². The highest BCUT2D eigenvalue weighted by Gasteiger charge is 2.13. The van der Waals surface area contributed by atoms with Gasteiger partial charge in [-0.1, -0.05) is 29.8 Å². The topological polar surface area (TPSA) is 99.0 Å². The zero-order chi connectivity index (χ0) is 20.1. The van der Waals surface area contributed by atoms with Gasteiger partial charge in [-0.05, 0) is 50.3 Å². The largest absolute Gasteiger partial charge is 0.459 e. The quantitative estimate of drug-likeness (QED) is 0.661. The molecule has 1 aromatic heterocycles. The number of carbonyl (C=O) groups excluding carboxylic acids is 2. The Morgan fingerprint density at radius 2 is 1.89 bits per heavy atom. The molecule has 0 spiro atoms. The fraction of sp³-hybridized carbons (Fsp3) is 0.250. The lowest BCUT2D eigenvalue weighted by molar-refractivity contribution is -0.117. The first-order chi connectivity index (χ1) is 13.4. The normalized spacial score (nSPS) is 10.7. The van der Waals surface area contributed by atoms with Crippen molar-refractivity contribution in [1.82, 2.24) is 20.2 Å². The number of nitrogens with zero attached hydrogens (tertiary/aromatic N) is 4. The predicted octanol–water partition coefficient (Wildman–Crippen LogP) is 2.85. The SMILES string of the molecule is Cc1ccc(NC(=O)Cn2nnc(-c3cccc(C(=O)OC(C)C)c3)n2)cc1. The van der Waals surface area contributed by atoms with E-state index in [1.807, 2.05) is 31.2 Å². The molecule has 0 saturated carbocycles. The van der Waals surface area contributed by atoms with Crippen molar-refractivity contribution < 1.29 is 14.3 Å². The first-order valence-corrected chi connectivity index (χ1v) is 8.86. The Hall–Kier alpha value is -3.55. The summed E-state index contributed by atoms with van der Waals surface area (Å²) in [5, 5.41) is 14.9.